The van der Waals surface area contributed by atoms with Gasteiger partial charge in [-0.2, -0.15) is 0 Å². The second-order valence-corrected chi connectivity index (χ2v) is 7.05. The van der Waals surface area contributed by atoms with E-state index in [0.717, 1.165) is 22.0 Å². The fourth-order valence-corrected chi connectivity index (χ4v) is 3.32. The smallest absolute Gasteiger partial charge is 0.240 e. The minimum Gasteiger partial charge on any atom is -0.249 e. The molecule has 1 N–H and O–H groups in total. The minimum atomic E-state index is -3.58. The lowest BCUT2D eigenvalue weighted by Crippen LogP contribution is -2.25. The van der Waals surface area contributed by atoms with Gasteiger partial charge in [0, 0.05) is 24.0 Å². The normalized spacial score (nSPS) is 11.7. The largest absolute Gasteiger partial charge is 0.249 e. The van der Waals surface area contributed by atoms with E-state index < -0.39 is 15.8 Å². The second-order valence-electron chi connectivity index (χ2n) is 3.97. The number of sulfonamides is 1. The molecule has 0 spiro atoms. The summed E-state index contributed by atoms with van der Waals surface area (Å²) < 4.78 is 39.0. The van der Waals surface area contributed by atoms with Gasteiger partial charge in [-0.05, 0) is 31.2 Å². The third kappa shape index (κ3) is 3.82. The van der Waals surface area contributed by atoms with Gasteiger partial charge in [-0.25, -0.2) is 22.5 Å². The molecular weight excluding hydrogens is 287 g/mol. The van der Waals surface area contributed by atoms with Crippen molar-refractivity contribution in [1.29, 1.82) is 0 Å². The lowest BCUT2D eigenvalue weighted by Gasteiger charge is -2.05. The van der Waals surface area contributed by atoms with Crippen LogP contribution in [0.5, 0.6) is 0 Å². The average molecular weight is 300 g/mol. The van der Waals surface area contributed by atoms with Crippen molar-refractivity contribution in [3.05, 3.63) is 46.2 Å². The molecule has 0 bridgehead atoms. The number of hydrogen-bond acceptors (Lipinski definition) is 4. The quantitative estimate of drug-likeness (QED) is 0.920. The lowest BCUT2D eigenvalue weighted by atomic mass is 10.4. The first-order valence-corrected chi connectivity index (χ1v) is 7.94. The zero-order chi connectivity index (χ0) is 13.9. The van der Waals surface area contributed by atoms with Crippen LogP contribution in [0.25, 0.3) is 0 Å². The maximum absolute atomic E-state index is 12.7. The van der Waals surface area contributed by atoms with E-state index in [2.05, 4.69) is 9.71 Å². The Morgan fingerprint density at radius 1 is 1.32 bits per heavy atom. The molecule has 102 valence electrons. The average Bonchev–Trinajstić information content (AvgIpc) is 2.75. The van der Waals surface area contributed by atoms with E-state index in [1.54, 1.807) is 17.5 Å². The number of thiazole rings is 1. The molecule has 0 unspecified atom stereocenters. The summed E-state index contributed by atoms with van der Waals surface area (Å²) in [5, 5.41) is 0.888. The Balaban J connectivity index is 1.96. The molecule has 1 heterocycles. The summed E-state index contributed by atoms with van der Waals surface area (Å²) in [6.07, 6.45) is 2.30. The molecule has 0 saturated heterocycles. The van der Waals surface area contributed by atoms with E-state index in [0.29, 0.717) is 6.42 Å². The number of benzene rings is 1. The van der Waals surface area contributed by atoms with E-state index in [-0.39, 0.29) is 11.4 Å². The van der Waals surface area contributed by atoms with Crippen molar-refractivity contribution in [2.45, 2.75) is 18.2 Å². The summed E-state index contributed by atoms with van der Waals surface area (Å²) in [6.45, 7) is 2.22. The lowest BCUT2D eigenvalue weighted by molar-refractivity contribution is 0.580. The number of nitrogens with one attached hydrogen (secondary N) is 1. The molecule has 0 atom stereocenters. The van der Waals surface area contributed by atoms with Gasteiger partial charge in [0.05, 0.1) is 9.90 Å². The molecule has 2 rings (SSSR count). The molecule has 0 radical (unpaired) electrons. The summed E-state index contributed by atoms with van der Waals surface area (Å²) in [5.41, 5.74) is 0. The summed E-state index contributed by atoms with van der Waals surface area (Å²) >= 11 is 1.54. The van der Waals surface area contributed by atoms with Gasteiger partial charge in [-0.1, -0.05) is 0 Å². The van der Waals surface area contributed by atoms with Crippen molar-refractivity contribution in [2.24, 2.45) is 0 Å². The van der Waals surface area contributed by atoms with E-state index in [1.807, 2.05) is 6.92 Å². The van der Waals surface area contributed by atoms with Crippen LogP contribution in [-0.2, 0) is 16.4 Å². The van der Waals surface area contributed by atoms with Crippen molar-refractivity contribution in [3.8, 4) is 0 Å². The second kappa shape index (κ2) is 5.77. The van der Waals surface area contributed by atoms with Crippen LogP contribution in [0.4, 0.5) is 4.39 Å². The molecule has 1 aromatic carbocycles. The van der Waals surface area contributed by atoms with E-state index in [1.165, 1.54) is 12.1 Å². The van der Waals surface area contributed by atoms with Crippen LogP contribution in [0.15, 0.2) is 35.4 Å². The Morgan fingerprint density at radius 2 is 2.00 bits per heavy atom. The molecule has 7 heteroatoms. The highest BCUT2D eigenvalue weighted by atomic mass is 32.2. The molecule has 0 fully saturated rings. The Kier molecular flexibility index (Phi) is 4.28. The fraction of sp³-hybridized carbons (Fsp3) is 0.250. The first-order valence-electron chi connectivity index (χ1n) is 5.64. The monoisotopic (exact) mass is 300 g/mol. The number of aryl methyl sites for hydroxylation is 1. The van der Waals surface area contributed by atoms with Gasteiger partial charge in [-0.15, -0.1) is 11.3 Å². The zero-order valence-corrected chi connectivity index (χ0v) is 11.9. The number of rotatable bonds is 5. The maximum Gasteiger partial charge on any atom is 0.240 e. The Bertz CT molecular complexity index is 651. The van der Waals surface area contributed by atoms with E-state index in [4.69, 9.17) is 0 Å². The SMILES string of the molecule is Cc1cnc(CCNS(=O)(=O)c2ccc(F)cc2)s1. The third-order valence-corrected chi connectivity index (χ3v) is 4.87. The number of hydrogen-bond donors (Lipinski definition) is 1. The van der Waals surface area contributed by atoms with Gasteiger partial charge in [0.15, 0.2) is 0 Å². The highest BCUT2D eigenvalue weighted by molar-refractivity contribution is 7.89. The van der Waals surface area contributed by atoms with Crippen molar-refractivity contribution in [3.63, 3.8) is 0 Å². The van der Waals surface area contributed by atoms with Crippen molar-refractivity contribution in [1.82, 2.24) is 9.71 Å². The number of halogens is 1. The molecule has 0 saturated carbocycles. The van der Waals surface area contributed by atoms with Gasteiger partial charge in [-0.3, -0.25) is 0 Å². The summed E-state index contributed by atoms with van der Waals surface area (Å²) in [7, 11) is -3.58. The van der Waals surface area contributed by atoms with Crippen LogP contribution in [0.2, 0.25) is 0 Å². The Hall–Kier alpha value is -1.31. The van der Waals surface area contributed by atoms with Gasteiger partial charge in [0.25, 0.3) is 0 Å². The first-order chi connectivity index (χ1) is 8.97. The van der Waals surface area contributed by atoms with Gasteiger partial charge in [0.1, 0.15) is 5.82 Å². The van der Waals surface area contributed by atoms with Crippen molar-refractivity contribution < 1.29 is 12.8 Å². The highest BCUT2D eigenvalue weighted by Gasteiger charge is 2.13. The molecule has 0 aliphatic rings. The molecular formula is C12H13FN2O2S2. The molecule has 19 heavy (non-hydrogen) atoms. The summed E-state index contributed by atoms with van der Waals surface area (Å²) in [5.74, 6) is -0.461. The van der Waals surface area contributed by atoms with Crippen LogP contribution in [0.1, 0.15) is 9.88 Å². The summed E-state index contributed by atoms with van der Waals surface area (Å²) in [4.78, 5) is 5.31. The predicted octanol–water partition coefficient (Wildman–Crippen LogP) is 2.11. The van der Waals surface area contributed by atoms with Crippen LogP contribution in [-0.4, -0.2) is 19.9 Å². The van der Waals surface area contributed by atoms with Crippen LogP contribution >= 0.6 is 11.3 Å². The molecule has 0 aliphatic carbocycles. The number of aromatic nitrogens is 1. The van der Waals surface area contributed by atoms with Gasteiger partial charge in [0.2, 0.25) is 10.0 Å². The number of nitrogens with zero attached hydrogens (tertiary/aromatic N) is 1. The van der Waals surface area contributed by atoms with Crippen LogP contribution in [0, 0.1) is 12.7 Å². The topological polar surface area (TPSA) is 59.1 Å². The van der Waals surface area contributed by atoms with Gasteiger partial charge >= 0.3 is 0 Å². The van der Waals surface area contributed by atoms with E-state index in [9.17, 15) is 12.8 Å². The standard InChI is InChI=1S/C12H13FN2O2S2/c1-9-8-14-12(18-9)6-7-15-19(16,17)11-4-2-10(13)3-5-11/h2-5,8,15H,6-7H2,1H3. The van der Waals surface area contributed by atoms with Gasteiger partial charge < -0.3 is 0 Å². The minimum absolute atomic E-state index is 0.0595. The highest BCUT2D eigenvalue weighted by Crippen LogP contribution is 2.12. The predicted molar refractivity (Wildman–Crippen MR) is 72.1 cm³/mol. The van der Waals surface area contributed by atoms with Crippen LogP contribution < -0.4 is 4.72 Å². The molecule has 0 aliphatic heterocycles. The Morgan fingerprint density at radius 3 is 2.58 bits per heavy atom. The fourth-order valence-electron chi connectivity index (χ4n) is 1.51. The van der Waals surface area contributed by atoms with Crippen molar-refractivity contribution in [2.75, 3.05) is 6.54 Å². The molecule has 2 aromatic rings. The zero-order valence-electron chi connectivity index (χ0n) is 10.3. The first kappa shape index (κ1) is 14.1. The molecule has 0 amide bonds. The third-order valence-electron chi connectivity index (χ3n) is 2.42. The molecule has 4 nitrogen and oxygen atoms in total. The maximum atomic E-state index is 12.7. The van der Waals surface area contributed by atoms with E-state index >= 15 is 0 Å². The van der Waals surface area contributed by atoms with Crippen LogP contribution in [0.3, 0.4) is 0 Å². The Labute approximate surface area is 115 Å². The summed E-state index contributed by atoms with van der Waals surface area (Å²) in [6, 6.07) is 4.73. The molecule has 1 aromatic heterocycles. The van der Waals surface area contributed by atoms with Crippen molar-refractivity contribution >= 4 is 21.4 Å².